The first-order valence-electron chi connectivity index (χ1n) is 8.32. The van der Waals surface area contributed by atoms with Crippen molar-refractivity contribution in [2.45, 2.75) is 31.8 Å². The molecule has 2 aromatic heterocycles. The quantitative estimate of drug-likeness (QED) is 0.907. The molecule has 0 radical (unpaired) electrons. The number of nitrogens with zero attached hydrogens (tertiary/aromatic N) is 3. The maximum atomic E-state index is 13.1. The van der Waals surface area contributed by atoms with Gasteiger partial charge in [0.25, 0.3) is 5.91 Å². The van der Waals surface area contributed by atoms with Crippen LogP contribution in [0.25, 0.3) is 0 Å². The number of piperidine rings is 1. The molecule has 1 N–H and O–H groups in total. The van der Waals surface area contributed by atoms with Crippen LogP contribution >= 0.6 is 22.9 Å². The number of hydrogen-bond acceptors (Lipinski definition) is 4. The van der Waals surface area contributed by atoms with Crippen molar-refractivity contribution in [2.24, 2.45) is 12.5 Å². The van der Waals surface area contributed by atoms with E-state index in [2.05, 4.69) is 10.3 Å². The number of amides is 1. The Morgan fingerprint density at radius 2 is 2.29 bits per heavy atom. The molecule has 0 bridgehead atoms. The fourth-order valence-electron chi connectivity index (χ4n) is 3.82. The second kappa shape index (κ2) is 6.17. The lowest BCUT2D eigenvalue weighted by molar-refractivity contribution is 0.0690. The Morgan fingerprint density at radius 1 is 1.50 bits per heavy atom. The third-order valence-electron chi connectivity index (χ3n) is 5.40. The van der Waals surface area contributed by atoms with E-state index in [1.54, 1.807) is 12.3 Å². The minimum absolute atomic E-state index is 0.0790. The van der Waals surface area contributed by atoms with Gasteiger partial charge in [0.2, 0.25) is 0 Å². The van der Waals surface area contributed by atoms with Crippen LogP contribution in [0.5, 0.6) is 0 Å². The SMILES string of the molecule is Cn1ccnc1CN(C(=O)c1ccc(Cl)s1)[C@@H]1CC12CCNCC2. The van der Waals surface area contributed by atoms with Crippen molar-refractivity contribution < 1.29 is 4.79 Å². The van der Waals surface area contributed by atoms with E-state index in [-0.39, 0.29) is 5.91 Å². The molecular formula is C17H21ClN4OS. The molecule has 7 heteroatoms. The molecule has 1 atom stereocenters. The fraction of sp³-hybridized carbons (Fsp3) is 0.529. The zero-order valence-corrected chi connectivity index (χ0v) is 15.2. The van der Waals surface area contributed by atoms with Gasteiger partial charge in [0.1, 0.15) is 5.82 Å². The lowest BCUT2D eigenvalue weighted by Gasteiger charge is -2.29. The van der Waals surface area contributed by atoms with Crippen LogP contribution < -0.4 is 5.32 Å². The van der Waals surface area contributed by atoms with Gasteiger partial charge in [-0.25, -0.2) is 4.98 Å². The van der Waals surface area contributed by atoms with Gasteiger partial charge in [-0.1, -0.05) is 11.6 Å². The summed E-state index contributed by atoms with van der Waals surface area (Å²) in [5.41, 5.74) is 0.299. The van der Waals surface area contributed by atoms with Gasteiger partial charge >= 0.3 is 0 Å². The largest absolute Gasteiger partial charge is 0.337 e. The van der Waals surface area contributed by atoms with Gasteiger partial charge in [-0.05, 0) is 49.9 Å². The van der Waals surface area contributed by atoms with Gasteiger partial charge in [0, 0.05) is 25.5 Å². The summed E-state index contributed by atoms with van der Waals surface area (Å²) in [6.07, 6.45) is 7.10. The molecule has 128 valence electrons. The van der Waals surface area contributed by atoms with Crippen LogP contribution in [0.2, 0.25) is 4.34 Å². The highest BCUT2D eigenvalue weighted by Crippen LogP contribution is 2.56. The molecule has 3 heterocycles. The number of hydrogen-bond donors (Lipinski definition) is 1. The maximum absolute atomic E-state index is 13.1. The van der Waals surface area contributed by atoms with Crippen molar-refractivity contribution in [1.82, 2.24) is 19.8 Å². The minimum atomic E-state index is 0.0790. The molecule has 1 aliphatic heterocycles. The predicted octanol–water partition coefficient (Wildman–Crippen LogP) is 2.92. The van der Waals surface area contributed by atoms with Crippen LogP contribution in [0.3, 0.4) is 0 Å². The summed E-state index contributed by atoms with van der Waals surface area (Å²) in [7, 11) is 1.97. The van der Waals surface area contributed by atoms with E-state index in [4.69, 9.17) is 11.6 Å². The second-order valence-electron chi connectivity index (χ2n) is 6.82. The molecule has 0 unspecified atom stereocenters. The lowest BCUT2D eigenvalue weighted by Crippen LogP contribution is -2.39. The van der Waals surface area contributed by atoms with Crippen molar-refractivity contribution in [1.29, 1.82) is 0 Å². The third-order valence-corrected chi connectivity index (χ3v) is 6.62. The smallest absolute Gasteiger partial charge is 0.264 e. The number of thiophene rings is 1. The van der Waals surface area contributed by atoms with Crippen molar-refractivity contribution in [2.75, 3.05) is 13.1 Å². The molecule has 2 aromatic rings. The molecule has 2 fully saturated rings. The standard InChI is InChI=1S/C17H21ClN4OS/c1-21-9-8-20-15(21)11-22(16(23)12-2-3-14(18)24-12)13-10-17(13)4-6-19-7-5-17/h2-3,8-9,13,19H,4-7,10-11H2,1H3/t13-/m1/s1. The molecule has 24 heavy (non-hydrogen) atoms. The lowest BCUT2D eigenvalue weighted by atomic mass is 9.93. The summed E-state index contributed by atoms with van der Waals surface area (Å²) < 4.78 is 2.64. The molecule has 1 spiro atoms. The Bertz CT molecular complexity index is 749. The number of carbonyl (C=O) groups excluding carboxylic acids is 1. The fourth-order valence-corrected chi connectivity index (χ4v) is 4.82. The Morgan fingerprint density at radius 3 is 2.92 bits per heavy atom. The minimum Gasteiger partial charge on any atom is -0.337 e. The molecule has 1 saturated carbocycles. The van der Waals surface area contributed by atoms with E-state index in [0.717, 1.165) is 38.2 Å². The number of halogens is 1. The molecule has 1 amide bonds. The first kappa shape index (κ1) is 16.1. The topological polar surface area (TPSA) is 50.2 Å². The third kappa shape index (κ3) is 2.87. The van der Waals surface area contributed by atoms with Crippen LogP contribution in [0.15, 0.2) is 24.5 Å². The molecule has 4 rings (SSSR count). The molecule has 0 aromatic carbocycles. The highest BCUT2D eigenvalue weighted by atomic mass is 35.5. The van der Waals surface area contributed by atoms with Gasteiger partial charge in [-0.3, -0.25) is 4.79 Å². The van der Waals surface area contributed by atoms with Crippen molar-refractivity contribution in [3.63, 3.8) is 0 Å². The Hall–Kier alpha value is -1.37. The first-order chi connectivity index (χ1) is 11.6. The summed E-state index contributed by atoms with van der Waals surface area (Å²) in [5, 5.41) is 3.42. The number of imidazole rings is 1. The number of aryl methyl sites for hydroxylation is 1. The first-order valence-corrected chi connectivity index (χ1v) is 9.52. The van der Waals surface area contributed by atoms with Crippen molar-refractivity contribution in [3.05, 3.63) is 39.6 Å². The Balaban J connectivity index is 1.60. The summed E-state index contributed by atoms with van der Waals surface area (Å²) in [6.45, 7) is 2.65. The van der Waals surface area contributed by atoms with Gasteiger partial charge in [0.05, 0.1) is 15.8 Å². The number of rotatable bonds is 4. The summed E-state index contributed by atoms with van der Waals surface area (Å²) in [4.78, 5) is 20.3. The van der Waals surface area contributed by atoms with Crippen LogP contribution in [-0.4, -0.2) is 39.5 Å². The normalized spacial score (nSPS) is 21.8. The van der Waals surface area contributed by atoms with E-state index in [9.17, 15) is 4.79 Å². The van der Waals surface area contributed by atoms with Crippen LogP contribution in [-0.2, 0) is 13.6 Å². The Labute approximate surface area is 150 Å². The molecule has 1 aliphatic carbocycles. The summed E-state index contributed by atoms with van der Waals surface area (Å²) in [6, 6.07) is 3.94. The van der Waals surface area contributed by atoms with Gasteiger partial charge in [-0.2, -0.15) is 0 Å². The van der Waals surface area contributed by atoms with Crippen molar-refractivity contribution in [3.8, 4) is 0 Å². The average molecular weight is 365 g/mol. The van der Waals surface area contributed by atoms with Gasteiger partial charge < -0.3 is 14.8 Å². The molecular weight excluding hydrogens is 344 g/mol. The average Bonchev–Trinajstić information content (AvgIpc) is 2.91. The summed E-state index contributed by atoms with van der Waals surface area (Å²) in [5.74, 6) is 0.997. The monoisotopic (exact) mass is 364 g/mol. The maximum Gasteiger partial charge on any atom is 0.264 e. The zero-order valence-electron chi connectivity index (χ0n) is 13.7. The molecule has 1 saturated heterocycles. The van der Waals surface area contributed by atoms with Crippen molar-refractivity contribution >= 4 is 28.8 Å². The predicted molar refractivity (Wildman–Crippen MR) is 95.4 cm³/mol. The summed E-state index contributed by atoms with van der Waals surface area (Å²) >= 11 is 7.39. The van der Waals surface area contributed by atoms with Crippen LogP contribution in [0.1, 0.15) is 34.8 Å². The highest BCUT2D eigenvalue weighted by Gasteiger charge is 2.58. The highest BCUT2D eigenvalue weighted by molar-refractivity contribution is 7.17. The van der Waals surface area contributed by atoms with E-state index in [1.165, 1.54) is 11.3 Å². The number of nitrogens with one attached hydrogen (secondary N) is 1. The van der Waals surface area contributed by atoms with E-state index < -0.39 is 0 Å². The van der Waals surface area contributed by atoms with Gasteiger partial charge in [0.15, 0.2) is 0 Å². The Kier molecular flexibility index (Phi) is 4.14. The van der Waals surface area contributed by atoms with E-state index in [1.807, 2.05) is 28.8 Å². The van der Waals surface area contributed by atoms with Crippen LogP contribution in [0.4, 0.5) is 0 Å². The molecule has 2 aliphatic rings. The number of aromatic nitrogens is 2. The van der Waals surface area contributed by atoms with E-state index >= 15 is 0 Å². The second-order valence-corrected chi connectivity index (χ2v) is 8.54. The van der Waals surface area contributed by atoms with Gasteiger partial charge in [-0.15, -0.1) is 11.3 Å². The van der Waals surface area contributed by atoms with E-state index in [0.29, 0.717) is 27.2 Å². The number of carbonyl (C=O) groups is 1. The van der Waals surface area contributed by atoms with Crippen LogP contribution in [0, 0.1) is 5.41 Å². The molecule has 5 nitrogen and oxygen atoms in total. The zero-order chi connectivity index (χ0) is 16.7.